The van der Waals surface area contributed by atoms with Crippen molar-refractivity contribution in [2.75, 3.05) is 17.7 Å². The van der Waals surface area contributed by atoms with E-state index < -0.39 is 0 Å². The van der Waals surface area contributed by atoms with E-state index in [1.165, 1.54) is 0 Å². The number of aliphatic hydroxyl groups is 1. The molecule has 0 saturated heterocycles. The summed E-state index contributed by atoms with van der Waals surface area (Å²) in [5.41, 5.74) is 7.68. The summed E-state index contributed by atoms with van der Waals surface area (Å²) in [6.45, 7) is 4.18. The van der Waals surface area contributed by atoms with Crippen molar-refractivity contribution in [1.82, 2.24) is 9.97 Å². The topological polar surface area (TPSA) is 84.1 Å². The highest BCUT2D eigenvalue weighted by Gasteiger charge is 2.11. The molecule has 102 valence electrons. The van der Waals surface area contributed by atoms with Crippen LogP contribution >= 0.6 is 0 Å². The zero-order valence-electron chi connectivity index (χ0n) is 11.3. The van der Waals surface area contributed by atoms with Gasteiger partial charge >= 0.3 is 0 Å². The molecule has 2 aromatic rings. The number of benzene rings is 1. The molecule has 1 aromatic carbocycles. The minimum absolute atomic E-state index is 0.0111. The molecule has 0 fully saturated rings. The lowest BCUT2D eigenvalue weighted by atomic mass is 10.1. The van der Waals surface area contributed by atoms with Gasteiger partial charge in [-0.1, -0.05) is 25.0 Å². The molecule has 1 heterocycles. The molecule has 0 unspecified atom stereocenters. The highest BCUT2D eigenvalue weighted by Crippen LogP contribution is 2.23. The van der Waals surface area contributed by atoms with Gasteiger partial charge in [0.2, 0.25) is 5.95 Å². The second-order valence-corrected chi connectivity index (χ2v) is 4.76. The van der Waals surface area contributed by atoms with Crippen molar-refractivity contribution in [3.63, 3.8) is 0 Å². The second kappa shape index (κ2) is 5.84. The summed E-state index contributed by atoms with van der Waals surface area (Å²) in [6, 6.07) is 5.94. The number of nitrogen functional groups attached to an aromatic ring is 1. The van der Waals surface area contributed by atoms with Gasteiger partial charge in [0, 0.05) is 5.39 Å². The predicted octanol–water partition coefficient (Wildman–Crippen LogP) is 2.09. The Bertz CT molecular complexity index is 571. The first-order chi connectivity index (χ1) is 9.13. The predicted molar refractivity (Wildman–Crippen MR) is 78.1 cm³/mol. The third-order valence-corrected chi connectivity index (χ3v) is 3.07. The molecular formula is C14H20N4O. The number of aliphatic hydroxyl groups excluding tert-OH is 1. The maximum absolute atomic E-state index is 9.38. The Labute approximate surface area is 112 Å². The van der Waals surface area contributed by atoms with Gasteiger partial charge in [0.1, 0.15) is 5.82 Å². The van der Waals surface area contributed by atoms with Crippen LogP contribution in [0.15, 0.2) is 18.2 Å². The number of hydrogen-bond acceptors (Lipinski definition) is 5. The Morgan fingerprint density at radius 2 is 2.16 bits per heavy atom. The summed E-state index contributed by atoms with van der Waals surface area (Å²) < 4.78 is 0. The highest BCUT2D eigenvalue weighted by atomic mass is 16.3. The fraction of sp³-hybridized carbons (Fsp3) is 0.429. The van der Waals surface area contributed by atoms with Crippen molar-refractivity contribution in [3.05, 3.63) is 23.8 Å². The van der Waals surface area contributed by atoms with E-state index in [1.54, 1.807) is 0 Å². The van der Waals surface area contributed by atoms with Crippen molar-refractivity contribution >= 4 is 22.7 Å². The molecule has 0 amide bonds. The van der Waals surface area contributed by atoms with Crippen LogP contribution in [0.1, 0.15) is 25.3 Å². The number of nitrogens with zero attached hydrogens (tertiary/aromatic N) is 2. The molecule has 0 aliphatic carbocycles. The van der Waals surface area contributed by atoms with Crippen molar-refractivity contribution in [2.45, 2.75) is 32.7 Å². The van der Waals surface area contributed by atoms with E-state index in [2.05, 4.69) is 22.2 Å². The standard InChI is InChI=1S/C14H20N4O/c1-3-4-10(8-19)16-13-11-7-9(2)5-6-12(11)17-14(15)18-13/h5-7,10,19H,3-4,8H2,1-2H3,(H3,15,16,17,18)/t10-/m0/s1. The van der Waals surface area contributed by atoms with E-state index in [9.17, 15) is 5.11 Å². The van der Waals surface area contributed by atoms with E-state index in [1.807, 2.05) is 25.1 Å². The van der Waals surface area contributed by atoms with Gasteiger partial charge in [0.15, 0.2) is 0 Å². The molecule has 0 aliphatic heterocycles. The largest absolute Gasteiger partial charge is 0.394 e. The molecule has 0 spiro atoms. The molecule has 0 bridgehead atoms. The zero-order valence-corrected chi connectivity index (χ0v) is 11.3. The Morgan fingerprint density at radius 1 is 1.37 bits per heavy atom. The van der Waals surface area contributed by atoms with E-state index >= 15 is 0 Å². The lowest BCUT2D eigenvalue weighted by Gasteiger charge is -2.17. The monoisotopic (exact) mass is 260 g/mol. The summed E-state index contributed by atoms with van der Waals surface area (Å²) in [4.78, 5) is 8.48. The number of anilines is 2. The van der Waals surface area contributed by atoms with Crippen LogP contribution in [0.25, 0.3) is 10.9 Å². The van der Waals surface area contributed by atoms with Gasteiger partial charge in [0.25, 0.3) is 0 Å². The quantitative estimate of drug-likeness (QED) is 0.766. The number of rotatable bonds is 5. The zero-order chi connectivity index (χ0) is 13.8. The highest BCUT2D eigenvalue weighted by molar-refractivity contribution is 5.90. The van der Waals surface area contributed by atoms with Gasteiger partial charge in [-0.3, -0.25) is 0 Å². The molecule has 5 nitrogen and oxygen atoms in total. The summed E-state index contributed by atoms with van der Waals surface area (Å²) >= 11 is 0. The Hall–Kier alpha value is -1.88. The third kappa shape index (κ3) is 3.12. The van der Waals surface area contributed by atoms with Crippen LogP contribution in [0.4, 0.5) is 11.8 Å². The van der Waals surface area contributed by atoms with Crippen LogP contribution in [0.2, 0.25) is 0 Å². The van der Waals surface area contributed by atoms with E-state index in [0.717, 1.165) is 29.3 Å². The van der Waals surface area contributed by atoms with Crippen LogP contribution in [0.5, 0.6) is 0 Å². The second-order valence-electron chi connectivity index (χ2n) is 4.76. The lowest BCUT2D eigenvalue weighted by molar-refractivity contribution is 0.268. The molecule has 4 N–H and O–H groups in total. The summed E-state index contributed by atoms with van der Waals surface area (Å²) in [6.07, 6.45) is 1.88. The van der Waals surface area contributed by atoms with Crippen molar-refractivity contribution in [3.8, 4) is 0 Å². The lowest BCUT2D eigenvalue weighted by Crippen LogP contribution is -2.24. The molecular weight excluding hydrogens is 240 g/mol. The molecule has 1 atom stereocenters. The Kier molecular flexibility index (Phi) is 4.16. The summed E-state index contributed by atoms with van der Waals surface area (Å²) in [5.74, 6) is 0.936. The van der Waals surface area contributed by atoms with Crippen molar-refractivity contribution < 1.29 is 5.11 Å². The summed E-state index contributed by atoms with van der Waals surface area (Å²) in [7, 11) is 0. The minimum Gasteiger partial charge on any atom is -0.394 e. The third-order valence-electron chi connectivity index (χ3n) is 3.07. The Balaban J connectivity index is 2.43. The van der Waals surface area contributed by atoms with Crippen LogP contribution < -0.4 is 11.1 Å². The maximum atomic E-state index is 9.38. The number of nitrogens with one attached hydrogen (secondary N) is 1. The van der Waals surface area contributed by atoms with Gasteiger partial charge in [0.05, 0.1) is 18.2 Å². The average Bonchev–Trinajstić information content (AvgIpc) is 2.39. The van der Waals surface area contributed by atoms with Crippen LogP contribution in [-0.2, 0) is 0 Å². The van der Waals surface area contributed by atoms with Crippen molar-refractivity contribution in [2.24, 2.45) is 0 Å². The van der Waals surface area contributed by atoms with Crippen LogP contribution in [0, 0.1) is 6.92 Å². The summed E-state index contributed by atoms with van der Waals surface area (Å²) in [5, 5.41) is 13.6. The molecule has 19 heavy (non-hydrogen) atoms. The Morgan fingerprint density at radius 3 is 2.84 bits per heavy atom. The fourth-order valence-corrected chi connectivity index (χ4v) is 2.12. The fourth-order valence-electron chi connectivity index (χ4n) is 2.12. The van der Waals surface area contributed by atoms with Gasteiger partial charge in [-0.15, -0.1) is 0 Å². The number of nitrogens with two attached hydrogens (primary N) is 1. The van der Waals surface area contributed by atoms with Crippen molar-refractivity contribution in [1.29, 1.82) is 0 Å². The van der Waals surface area contributed by atoms with Crippen LogP contribution in [0.3, 0.4) is 0 Å². The number of hydrogen-bond donors (Lipinski definition) is 3. The molecule has 2 rings (SSSR count). The minimum atomic E-state index is -0.0111. The normalized spacial score (nSPS) is 12.6. The number of aromatic nitrogens is 2. The molecule has 1 aromatic heterocycles. The van der Waals surface area contributed by atoms with Crippen LogP contribution in [-0.4, -0.2) is 27.7 Å². The van der Waals surface area contributed by atoms with Gasteiger partial charge in [-0.2, -0.15) is 4.98 Å². The first kappa shape index (κ1) is 13.5. The van der Waals surface area contributed by atoms with Gasteiger partial charge in [-0.05, 0) is 25.5 Å². The van der Waals surface area contributed by atoms with E-state index in [0.29, 0.717) is 5.82 Å². The molecule has 0 saturated carbocycles. The van der Waals surface area contributed by atoms with Gasteiger partial charge < -0.3 is 16.2 Å². The van der Waals surface area contributed by atoms with E-state index in [-0.39, 0.29) is 18.6 Å². The molecule has 0 aliphatic rings. The van der Waals surface area contributed by atoms with E-state index in [4.69, 9.17) is 5.73 Å². The number of aryl methyl sites for hydroxylation is 1. The first-order valence-electron chi connectivity index (χ1n) is 6.55. The van der Waals surface area contributed by atoms with Gasteiger partial charge in [-0.25, -0.2) is 4.98 Å². The first-order valence-corrected chi connectivity index (χ1v) is 6.55. The maximum Gasteiger partial charge on any atom is 0.222 e. The molecule has 0 radical (unpaired) electrons. The molecule has 5 heteroatoms. The smallest absolute Gasteiger partial charge is 0.222 e. The SMILES string of the molecule is CCC[C@@H](CO)Nc1nc(N)nc2ccc(C)cc12. The average molecular weight is 260 g/mol. The number of fused-ring (bicyclic) bond motifs is 1.